The number of carboxylic acids is 1. The number of hydrogen-bond donors (Lipinski definition) is 3. The van der Waals surface area contributed by atoms with Crippen LogP contribution in [0.3, 0.4) is 0 Å². The highest BCUT2D eigenvalue weighted by Gasteiger charge is 2.41. The molecule has 42 heavy (non-hydrogen) atoms. The van der Waals surface area contributed by atoms with Gasteiger partial charge in [-0.25, -0.2) is 9.78 Å². The molecule has 0 bridgehead atoms. The lowest BCUT2D eigenvalue weighted by atomic mass is 9.90. The van der Waals surface area contributed by atoms with Gasteiger partial charge < -0.3 is 25.0 Å². The number of aliphatic carboxylic acids is 1. The minimum Gasteiger partial charge on any atom is -0.480 e. The smallest absolute Gasteiger partial charge is 0.326 e. The molecule has 12 heteroatoms. The Morgan fingerprint density at radius 3 is 2.57 bits per heavy atom. The average molecular weight is 628 g/mol. The van der Waals surface area contributed by atoms with Gasteiger partial charge in [-0.2, -0.15) is 0 Å². The number of benzene rings is 2. The molecule has 9 nitrogen and oxygen atoms in total. The van der Waals surface area contributed by atoms with Crippen LogP contribution >= 0.6 is 34.5 Å². The maximum atomic E-state index is 13.0. The van der Waals surface area contributed by atoms with E-state index >= 15 is 0 Å². The molecule has 4 aromatic rings. The lowest BCUT2D eigenvalue weighted by Gasteiger charge is -2.37. The average Bonchev–Trinajstić information content (AvgIpc) is 3.64. The van der Waals surface area contributed by atoms with Crippen LogP contribution in [-0.2, 0) is 27.3 Å². The molecule has 2 aromatic carbocycles. The van der Waals surface area contributed by atoms with Crippen LogP contribution in [0.15, 0.2) is 66.4 Å². The highest BCUT2D eigenvalue weighted by atomic mass is 35.5. The lowest BCUT2D eigenvalue weighted by molar-refractivity contribution is -0.152. The number of imidazole rings is 1. The van der Waals surface area contributed by atoms with Crippen LogP contribution in [0.25, 0.3) is 16.2 Å². The fraction of sp³-hybridized carbons (Fsp3) is 0.267. The van der Waals surface area contributed by atoms with E-state index in [1.165, 1.54) is 22.3 Å². The van der Waals surface area contributed by atoms with Gasteiger partial charge in [0.25, 0.3) is 5.91 Å². The number of thiophene rings is 1. The fourth-order valence-electron chi connectivity index (χ4n) is 4.87. The highest BCUT2D eigenvalue weighted by Crippen LogP contribution is 2.37. The molecule has 0 aliphatic carbocycles. The van der Waals surface area contributed by atoms with Crippen molar-refractivity contribution in [3.05, 3.63) is 93.3 Å². The van der Waals surface area contributed by atoms with Gasteiger partial charge in [0.1, 0.15) is 11.6 Å². The van der Waals surface area contributed by atoms with Crippen molar-refractivity contribution in [3.8, 4) is 0 Å². The molecule has 0 saturated carbocycles. The van der Waals surface area contributed by atoms with Gasteiger partial charge >= 0.3 is 5.97 Å². The summed E-state index contributed by atoms with van der Waals surface area (Å²) in [6, 6.07) is 12.3. The number of amides is 2. The summed E-state index contributed by atoms with van der Waals surface area (Å²) in [6.45, 7) is 0.812. The van der Waals surface area contributed by atoms with Crippen molar-refractivity contribution in [3.63, 3.8) is 0 Å². The Morgan fingerprint density at radius 1 is 1.12 bits per heavy atom. The largest absolute Gasteiger partial charge is 0.480 e. The zero-order chi connectivity index (χ0) is 29.9. The standard InChI is InChI=1S/C30H28Cl2N4O5S/c31-25-20(14-21-8-13-42-27(21)26(25)32)6-7-24(37)36-11-9-30(41,10-12-36)29(40)34-23(28(38)39)15-22-17-35(18-33-22)16-19-4-2-1-3-5-19/h1-8,13-14,17-18,23,41H,9-12,15-16H2,(H,34,40)(H,38,39)/t23-/m0/s1. The number of fused-ring (bicyclic) bond motifs is 1. The van der Waals surface area contributed by atoms with Crippen LogP contribution in [0.5, 0.6) is 0 Å². The Balaban J connectivity index is 1.16. The van der Waals surface area contributed by atoms with Gasteiger partial charge in [0.05, 0.1) is 26.8 Å². The van der Waals surface area contributed by atoms with Crippen molar-refractivity contribution in [2.24, 2.45) is 0 Å². The van der Waals surface area contributed by atoms with Gasteiger partial charge in [-0.1, -0.05) is 53.5 Å². The number of rotatable bonds is 9. The molecule has 1 aliphatic rings. The lowest BCUT2D eigenvalue weighted by Crippen LogP contribution is -2.57. The monoisotopic (exact) mass is 626 g/mol. The van der Waals surface area contributed by atoms with Crippen LogP contribution in [0.1, 0.15) is 29.7 Å². The van der Waals surface area contributed by atoms with Gasteiger partial charge in [-0.3, -0.25) is 9.59 Å². The van der Waals surface area contributed by atoms with E-state index in [4.69, 9.17) is 23.2 Å². The Kier molecular flexibility index (Phi) is 8.98. The quantitative estimate of drug-likeness (QED) is 0.233. The summed E-state index contributed by atoms with van der Waals surface area (Å²) >= 11 is 14.2. The second-order valence-corrected chi connectivity index (χ2v) is 11.9. The molecule has 5 rings (SSSR count). The predicted molar refractivity (Wildman–Crippen MR) is 163 cm³/mol. The van der Waals surface area contributed by atoms with Gasteiger partial charge in [0.15, 0.2) is 0 Å². The predicted octanol–water partition coefficient (Wildman–Crippen LogP) is 4.63. The summed E-state index contributed by atoms with van der Waals surface area (Å²) in [5, 5.41) is 26.9. The van der Waals surface area contributed by atoms with Crippen molar-refractivity contribution >= 4 is 68.5 Å². The molecule has 2 aromatic heterocycles. The van der Waals surface area contributed by atoms with Crippen LogP contribution in [0.2, 0.25) is 10.0 Å². The van der Waals surface area contributed by atoms with E-state index in [0.29, 0.717) is 27.8 Å². The van der Waals surface area contributed by atoms with Crippen molar-refractivity contribution in [1.29, 1.82) is 0 Å². The van der Waals surface area contributed by atoms with Crippen molar-refractivity contribution in [2.45, 2.75) is 37.5 Å². The minimum atomic E-state index is -1.80. The molecule has 0 spiro atoms. The number of halogens is 2. The Morgan fingerprint density at radius 2 is 1.86 bits per heavy atom. The van der Waals surface area contributed by atoms with E-state index in [0.717, 1.165) is 15.6 Å². The third-order valence-corrected chi connectivity index (χ3v) is 9.24. The number of piperidine rings is 1. The molecule has 1 saturated heterocycles. The van der Waals surface area contributed by atoms with Crippen LogP contribution in [0.4, 0.5) is 0 Å². The van der Waals surface area contributed by atoms with Gasteiger partial charge in [-0.15, -0.1) is 11.3 Å². The number of aliphatic hydroxyl groups is 1. The van der Waals surface area contributed by atoms with E-state index in [9.17, 15) is 24.6 Å². The van der Waals surface area contributed by atoms with E-state index in [2.05, 4.69) is 10.3 Å². The van der Waals surface area contributed by atoms with Gasteiger partial charge in [-0.05, 0) is 40.1 Å². The van der Waals surface area contributed by atoms with Crippen LogP contribution < -0.4 is 5.32 Å². The number of carbonyl (C=O) groups is 3. The Labute approximate surface area is 256 Å². The second-order valence-electron chi connectivity index (χ2n) is 10.2. The van der Waals surface area contributed by atoms with Crippen molar-refractivity contribution in [1.82, 2.24) is 19.8 Å². The Bertz CT molecular complexity index is 1640. The zero-order valence-corrected chi connectivity index (χ0v) is 24.7. The number of nitrogens with one attached hydrogen (secondary N) is 1. The molecular formula is C30H28Cl2N4O5S. The van der Waals surface area contributed by atoms with E-state index in [1.807, 2.05) is 52.4 Å². The molecule has 3 N–H and O–H groups in total. The molecule has 0 radical (unpaired) electrons. The molecule has 3 heterocycles. The van der Waals surface area contributed by atoms with Crippen LogP contribution in [-0.4, -0.2) is 67.2 Å². The topological polar surface area (TPSA) is 125 Å². The summed E-state index contributed by atoms with van der Waals surface area (Å²) in [4.78, 5) is 43.6. The number of carboxylic acid groups (broad SMARTS) is 1. The van der Waals surface area contributed by atoms with E-state index in [1.54, 1.807) is 18.6 Å². The summed E-state index contributed by atoms with van der Waals surface area (Å²) in [6.07, 6.45) is 6.21. The molecule has 218 valence electrons. The maximum Gasteiger partial charge on any atom is 0.326 e. The first-order valence-corrected chi connectivity index (χ1v) is 14.9. The van der Waals surface area contributed by atoms with Crippen molar-refractivity contribution in [2.75, 3.05) is 13.1 Å². The SMILES string of the molecule is O=C(O)[C@H](Cc1cn(Cc2ccccc2)cn1)NC(=O)C1(O)CCN(C(=O)C=Cc2cc3ccsc3c(Cl)c2Cl)CC1. The highest BCUT2D eigenvalue weighted by molar-refractivity contribution is 7.18. The first-order chi connectivity index (χ1) is 20.1. The number of likely N-dealkylation sites (tertiary alicyclic amines) is 1. The molecule has 1 aliphatic heterocycles. The summed E-state index contributed by atoms with van der Waals surface area (Å²) < 4.78 is 2.71. The number of nitrogens with zero attached hydrogens (tertiary/aromatic N) is 3. The second kappa shape index (κ2) is 12.7. The van der Waals surface area contributed by atoms with Gasteiger partial charge in [0.2, 0.25) is 5.91 Å². The zero-order valence-electron chi connectivity index (χ0n) is 22.4. The van der Waals surface area contributed by atoms with Crippen molar-refractivity contribution < 1.29 is 24.6 Å². The van der Waals surface area contributed by atoms with Gasteiger partial charge in [0, 0.05) is 51.2 Å². The summed E-state index contributed by atoms with van der Waals surface area (Å²) in [5.74, 6) is -2.32. The third kappa shape index (κ3) is 6.68. The molecule has 2 amide bonds. The van der Waals surface area contributed by atoms with Crippen LogP contribution in [0, 0.1) is 0 Å². The number of hydrogen-bond acceptors (Lipinski definition) is 6. The first kappa shape index (κ1) is 29.8. The summed E-state index contributed by atoms with van der Waals surface area (Å²) in [5.41, 5.74) is 0.373. The molecule has 1 atom stereocenters. The number of aromatic nitrogens is 2. The van der Waals surface area contributed by atoms with E-state index < -0.39 is 23.5 Å². The summed E-state index contributed by atoms with van der Waals surface area (Å²) in [7, 11) is 0. The third-order valence-electron chi connectivity index (χ3n) is 7.29. The first-order valence-electron chi connectivity index (χ1n) is 13.3. The van der Waals surface area contributed by atoms with E-state index in [-0.39, 0.29) is 38.3 Å². The number of carbonyl (C=O) groups excluding carboxylic acids is 2. The Hall–Kier alpha value is -3.70. The maximum absolute atomic E-state index is 13.0. The minimum absolute atomic E-state index is 0.0378. The fourth-order valence-corrected chi connectivity index (χ4v) is 6.31. The molecule has 1 fully saturated rings. The molecular weight excluding hydrogens is 599 g/mol. The molecule has 0 unspecified atom stereocenters. The normalized spacial score (nSPS) is 15.6.